The molecule has 10 heteroatoms. The van der Waals surface area contributed by atoms with Crippen molar-refractivity contribution in [2.24, 2.45) is 0 Å². The Labute approximate surface area is 171 Å². The van der Waals surface area contributed by atoms with Crippen LogP contribution in [0.2, 0.25) is 0 Å². The second-order valence-corrected chi connectivity index (χ2v) is 7.10. The topological polar surface area (TPSA) is 100 Å². The van der Waals surface area contributed by atoms with Crippen LogP contribution in [0.25, 0.3) is 0 Å². The second-order valence-electron chi connectivity index (χ2n) is 6.24. The van der Waals surface area contributed by atoms with Crippen molar-refractivity contribution in [1.82, 2.24) is 20.2 Å². The summed E-state index contributed by atoms with van der Waals surface area (Å²) in [6.45, 7) is 4.20. The van der Waals surface area contributed by atoms with E-state index < -0.39 is 12.0 Å². The molecule has 0 bridgehead atoms. The number of tetrazole rings is 1. The van der Waals surface area contributed by atoms with Gasteiger partial charge in [0.15, 0.2) is 11.5 Å². The Bertz CT molecular complexity index is 911. The Hall–Kier alpha value is -2.62. The number of unbranched alkanes of at least 4 members (excludes halogenated alkanes) is 1. The lowest BCUT2D eigenvalue weighted by Gasteiger charge is -2.28. The van der Waals surface area contributed by atoms with Crippen LogP contribution >= 0.6 is 15.9 Å². The molecule has 0 radical (unpaired) electrons. The Morgan fingerprint density at radius 2 is 2.11 bits per heavy atom. The maximum atomic E-state index is 12.9. The van der Waals surface area contributed by atoms with Gasteiger partial charge in [-0.2, -0.15) is 4.68 Å². The van der Waals surface area contributed by atoms with Crippen LogP contribution in [-0.2, 0) is 9.53 Å². The molecule has 28 heavy (non-hydrogen) atoms. The fraction of sp³-hybridized carbons (Fsp3) is 0.444. The summed E-state index contributed by atoms with van der Waals surface area (Å²) in [4.78, 5) is 12.9. The number of fused-ring (bicyclic) bond motifs is 1. The van der Waals surface area contributed by atoms with Crippen molar-refractivity contribution in [2.45, 2.75) is 32.7 Å². The van der Waals surface area contributed by atoms with Crippen LogP contribution in [0.5, 0.6) is 11.5 Å². The molecule has 3 rings (SSSR count). The summed E-state index contributed by atoms with van der Waals surface area (Å²) in [6, 6.07) is 3.09. The molecule has 0 saturated heterocycles. The summed E-state index contributed by atoms with van der Waals surface area (Å²) in [7, 11) is 3.12. The highest BCUT2D eigenvalue weighted by Gasteiger charge is 2.35. The van der Waals surface area contributed by atoms with Gasteiger partial charge in [0.25, 0.3) is 0 Å². The number of benzene rings is 1. The van der Waals surface area contributed by atoms with Gasteiger partial charge in [0, 0.05) is 5.70 Å². The lowest BCUT2D eigenvalue weighted by Crippen LogP contribution is -2.30. The highest BCUT2D eigenvalue weighted by atomic mass is 79.9. The van der Waals surface area contributed by atoms with Crippen LogP contribution in [0.15, 0.2) is 27.9 Å². The third-order valence-electron chi connectivity index (χ3n) is 4.44. The molecular formula is C18H22BrN5O4. The predicted octanol–water partition coefficient (Wildman–Crippen LogP) is 3.09. The number of nitrogens with zero attached hydrogens (tertiary/aromatic N) is 4. The van der Waals surface area contributed by atoms with E-state index in [2.05, 4.69) is 36.8 Å². The first-order valence-electron chi connectivity index (χ1n) is 8.86. The first-order valence-corrected chi connectivity index (χ1v) is 9.65. The lowest BCUT2D eigenvalue weighted by atomic mass is 9.95. The number of rotatable bonds is 7. The number of esters is 1. The molecule has 1 aromatic carbocycles. The molecule has 9 nitrogen and oxygen atoms in total. The van der Waals surface area contributed by atoms with E-state index in [1.54, 1.807) is 31.9 Å². The normalized spacial score (nSPS) is 15.7. The number of hydrogen-bond donors (Lipinski definition) is 1. The molecule has 1 atom stereocenters. The Morgan fingerprint density at radius 3 is 2.79 bits per heavy atom. The van der Waals surface area contributed by atoms with Gasteiger partial charge in [-0.05, 0) is 57.4 Å². The summed E-state index contributed by atoms with van der Waals surface area (Å²) >= 11 is 3.51. The molecule has 1 N–H and O–H groups in total. The fourth-order valence-corrected chi connectivity index (χ4v) is 3.69. The van der Waals surface area contributed by atoms with Gasteiger partial charge in [-0.15, -0.1) is 0 Å². The van der Waals surface area contributed by atoms with Crippen molar-refractivity contribution < 1.29 is 19.0 Å². The van der Waals surface area contributed by atoms with E-state index in [0.29, 0.717) is 39.8 Å². The van der Waals surface area contributed by atoms with Crippen molar-refractivity contribution in [2.75, 3.05) is 26.1 Å². The van der Waals surface area contributed by atoms with Crippen LogP contribution in [0.4, 0.5) is 5.95 Å². The molecule has 0 spiro atoms. The van der Waals surface area contributed by atoms with Gasteiger partial charge in [0.1, 0.15) is 6.04 Å². The van der Waals surface area contributed by atoms with Crippen molar-refractivity contribution >= 4 is 27.8 Å². The van der Waals surface area contributed by atoms with Gasteiger partial charge in [0.2, 0.25) is 5.95 Å². The standard InChI is InChI=1S/C18H22BrN5O4/c1-5-6-7-28-17(25)14-10(2)20-18-21-22-23-24(18)15(14)11-8-12(19)16(27-4)13(9-11)26-3/h8-9,15H,5-7H2,1-4H3,(H,20,21,23). The van der Waals surface area contributed by atoms with Gasteiger partial charge in [-0.3, -0.25) is 0 Å². The number of hydrogen-bond acceptors (Lipinski definition) is 8. The summed E-state index contributed by atoms with van der Waals surface area (Å²) in [5.74, 6) is 1.12. The molecular weight excluding hydrogens is 430 g/mol. The predicted molar refractivity (Wildman–Crippen MR) is 105 cm³/mol. The maximum absolute atomic E-state index is 12.9. The number of methoxy groups -OCH3 is 2. The molecule has 2 heterocycles. The maximum Gasteiger partial charge on any atom is 0.338 e. The Morgan fingerprint density at radius 1 is 1.32 bits per heavy atom. The molecule has 1 unspecified atom stereocenters. The highest BCUT2D eigenvalue weighted by molar-refractivity contribution is 9.10. The van der Waals surface area contributed by atoms with Crippen molar-refractivity contribution in [3.05, 3.63) is 33.4 Å². The number of aromatic nitrogens is 4. The Kier molecular flexibility index (Phi) is 6.18. The van der Waals surface area contributed by atoms with E-state index in [1.807, 2.05) is 13.0 Å². The molecule has 0 aliphatic carbocycles. The molecule has 1 aliphatic rings. The van der Waals surface area contributed by atoms with Gasteiger partial charge >= 0.3 is 5.97 Å². The van der Waals surface area contributed by atoms with E-state index in [-0.39, 0.29) is 0 Å². The first kappa shape index (κ1) is 20.1. The number of allylic oxidation sites excluding steroid dienone is 1. The summed E-state index contributed by atoms with van der Waals surface area (Å²) in [6.07, 6.45) is 1.74. The number of carbonyl (C=O) groups excluding carboxylic acids is 1. The minimum atomic E-state index is -0.573. The zero-order chi connectivity index (χ0) is 20.3. The lowest BCUT2D eigenvalue weighted by molar-refractivity contribution is -0.139. The number of carbonyl (C=O) groups is 1. The third kappa shape index (κ3) is 3.68. The molecule has 0 amide bonds. The quantitative estimate of drug-likeness (QED) is 0.506. The fourth-order valence-electron chi connectivity index (χ4n) is 3.07. The van der Waals surface area contributed by atoms with E-state index in [4.69, 9.17) is 14.2 Å². The Balaban J connectivity index is 2.10. The number of nitrogens with one attached hydrogen (secondary N) is 1. The smallest absolute Gasteiger partial charge is 0.338 e. The monoisotopic (exact) mass is 451 g/mol. The molecule has 0 fully saturated rings. The van der Waals surface area contributed by atoms with E-state index in [1.165, 1.54) is 0 Å². The largest absolute Gasteiger partial charge is 0.493 e. The second kappa shape index (κ2) is 8.59. The van der Waals surface area contributed by atoms with Crippen LogP contribution in [0, 0.1) is 0 Å². The molecule has 1 aromatic heterocycles. The molecule has 0 saturated carbocycles. The van der Waals surface area contributed by atoms with E-state index >= 15 is 0 Å². The molecule has 150 valence electrons. The number of halogens is 1. The van der Waals surface area contributed by atoms with E-state index in [0.717, 1.165) is 18.4 Å². The average Bonchev–Trinajstić information content (AvgIpc) is 3.14. The highest BCUT2D eigenvalue weighted by Crippen LogP contribution is 2.42. The van der Waals surface area contributed by atoms with Crippen molar-refractivity contribution in [3.63, 3.8) is 0 Å². The van der Waals surface area contributed by atoms with Gasteiger partial charge in [0.05, 0.1) is 30.9 Å². The zero-order valence-electron chi connectivity index (χ0n) is 16.2. The summed E-state index contributed by atoms with van der Waals surface area (Å²) in [5.41, 5.74) is 1.83. The van der Waals surface area contributed by atoms with Crippen molar-refractivity contribution in [1.29, 1.82) is 0 Å². The zero-order valence-corrected chi connectivity index (χ0v) is 17.7. The van der Waals surface area contributed by atoms with E-state index in [9.17, 15) is 4.79 Å². The van der Waals surface area contributed by atoms with Crippen LogP contribution < -0.4 is 14.8 Å². The van der Waals surface area contributed by atoms with Gasteiger partial charge in [-0.1, -0.05) is 18.4 Å². The SMILES string of the molecule is CCCCOC(=O)C1=C(C)Nc2nnnn2C1c1cc(Br)c(OC)c(OC)c1. The molecule has 2 aromatic rings. The first-order chi connectivity index (χ1) is 13.5. The van der Waals surface area contributed by atoms with Crippen LogP contribution in [-0.4, -0.2) is 47.0 Å². The summed E-state index contributed by atoms with van der Waals surface area (Å²) in [5, 5.41) is 14.9. The summed E-state index contributed by atoms with van der Waals surface area (Å²) < 4.78 is 18.6. The van der Waals surface area contributed by atoms with Gasteiger partial charge < -0.3 is 19.5 Å². The number of ether oxygens (including phenoxy) is 3. The van der Waals surface area contributed by atoms with Crippen LogP contribution in [0.1, 0.15) is 38.3 Å². The van der Waals surface area contributed by atoms with Gasteiger partial charge in [-0.25, -0.2) is 4.79 Å². The third-order valence-corrected chi connectivity index (χ3v) is 5.03. The molecule has 1 aliphatic heterocycles. The average molecular weight is 452 g/mol. The van der Waals surface area contributed by atoms with Crippen LogP contribution in [0.3, 0.4) is 0 Å². The minimum Gasteiger partial charge on any atom is -0.493 e. The number of anilines is 1. The minimum absolute atomic E-state index is 0.358. The van der Waals surface area contributed by atoms with Crippen molar-refractivity contribution in [3.8, 4) is 11.5 Å².